The van der Waals surface area contributed by atoms with Crippen LogP contribution in [-0.2, 0) is 6.42 Å². The fourth-order valence-electron chi connectivity index (χ4n) is 3.78. The number of rotatable bonds is 15. The summed E-state index contributed by atoms with van der Waals surface area (Å²) < 4.78 is 0. The molecule has 1 heterocycles. The highest BCUT2D eigenvalue weighted by Gasteiger charge is 2.19. The highest BCUT2D eigenvalue weighted by atomic mass is 16.6. The van der Waals surface area contributed by atoms with Gasteiger partial charge in [0, 0.05) is 23.9 Å². The number of hydrogen-bond donors (Lipinski definition) is 2. The molecule has 33 heavy (non-hydrogen) atoms. The number of nitrogens with one attached hydrogen (secondary N) is 1. The smallest absolute Gasteiger partial charge is 0.326 e. The Labute approximate surface area is 194 Å². The Morgan fingerprint density at radius 3 is 2.06 bits per heavy atom. The quantitative estimate of drug-likeness (QED) is 0.199. The van der Waals surface area contributed by atoms with Crippen molar-refractivity contribution in [2.75, 3.05) is 4.90 Å². The Bertz CT molecular complexity index is 943. The average molecular weight is 458 g/mol. The number of unbranched alkanes of at least 4 members (excludes halogenated alkanes) is 10. The minimum absolute atomic E-state index is 0.00178. The van der Waals surface area contributed by atoms with Crippen molar-refractivity contribution in [2.24, 2.45) is 5.73 Å². The summed E-state index contributed by atoms with van der Waals surface area (Å²) in [5.41, 5.74) is 5.87. The molecule has 2 amide bonds. The first-order valence-corrected chi connectivity index (χ1v) is 11.9. The molecule has 2 aromatic rings. The third-order valence-electron chi connectivity index (χ3n) is 5.57. The molecule has 0 spiro atoms. The number of nitrogens with zero attached hydrogens (tertiary/aromatic N) is 3. The van der Waals surface area contributed by atoms with E-state index >= 15 is 0 Å². The topological polar surface area (TPSA) is 135 Å². The van der Waals surface area contributed by atoms with Gasteiger partial charge in [0.2, 0.25) is 5.95 Å². The molecule has 0 fully saturated rings. The Kier molecular flexibility index (Phi) is 11.1. The second kappa shape index (κ2) is 14.0. The number of carbonyl (C=O) groups is 1. The molecule has 0 radical (unpaired) electrons. The van der Waals surface area contributed by atoms with E-state index in [0.717, 1.165) is 24.2 Å². The lowest BCUT2D eigenvalue weighted by Gasteiger charge is -2.19. The molecule has 0 atom stereocenters. The van der Waals surface area contributed by atoms with Gasteiger partial charge in [-0.05, 0) is 25.0 Å². The van der Waals surface area contributed by atoms with Crippen molar-refractivity contribution in [2.45, 2.75) is 84.0 Å². The fourth-order valence-corrected chi connectivity index (χ4v) is 3.78. The molecular weight excluding hydrogens is 422 g/mol. The second-order valence-corrected chi connectivity index (χ2v) is 8.29. The zero-order valence-electron chi connectivity index (χ0n) is 19.4. The molecule has 0 saturated heterocycles. The lowest BCUT2D eigenvalue weighted by atomic mass is 10.0. The van der Waals surface area contributed by atoms with E-state index in [9.17, 15) is 19.7 Å². The van der Waals surface area contributed by atoms with Crippen molar-refractivity contribution in [3.05, 3.63) is 56.5 Å². The van der Waals surface area contributed by atoms with E-state index in [1.807, 2.05) is 0 Å². The summed E-state index contributed by atoms with van der Waals surface area (Å²) in [5, 5.41) is 10.9. The van der Waals surface area contributed by atoms with Gasteiger partial charge in [-0.1, -0.05) is 71.1 Å². The van der Waals surface area contributed by atoms with Gasteiger partial charge in [-0.3, -0.25) is 19.9 Å². The summed E-state index contributed by atoms with van der Waals surface area (Å²) in [6, 6.07) is 5.88. The number of urea groups is 1. The van der Waals surface area contributed by atoms with E-state index in [1.165, 1.54) is 81.7 Å². The maximum Gasteiger partial charge on any atom is 0.326 e. The molecule has 1 aromatic carbocycles. The molecule has 180 valence electrons. The van der Waals surface area contributed by atoms with Gasteiger partial charge in [-0.25, -0.2) is 14.7 Å². The highest BCUT2D eigenvalue weighted by Crippen LogP contribution is 2.24. The number of hydrogen-bond acceptors (Lipinski definition) is 5. The van der Waals surface area contributed by atoms with Crippen LogP contribution in [0.25, 0.3) is 0 Å². The molecule has 2 rings (SSSR count). The zero-order chi connectivity index (χ0) is 24.1. The summed E-state index contributed by atoms with van der Waals surface area (Å²) in [5.74, 6) is 0.00178. The van der Waals surface area contributed by atoms with Gasteiger partial charge in [0.25, 0.3) is 11.2 Å². The first-order chi connectivity index (χ1) is 15.9. The maximum absolute atomic E-state index is 12.2. The second-order valence-electron chi connectivity index (χ2n) is 8.29. The summed E-state index contributed by atoms with van der Waals surface area (Å²) >= 11 is 0. The number of nitrogens with two attached hydrogens (primary N) is 1. The minimum Gasteiger partial charge on any atom is -0.351 e. The molecule has 0 aliphatic heterocycles. The van der Waals surface area contributed by atoms with Crippen molar-refractivity contribution < 1.29 is 9.72 Å². The van der Waals surface area contributed by atoms with Crippen LogP contribution in [0.1, 0.15) is 83.2 Å². The molecule has 1 aromatic heterocycles. The van der Waals surface area contributed by atoms with Crippen LogP contribution >= 0.6 is 0 Å². The summed E-state index contributed by atoms with van der Waals surface area (Å²) in [6.07, 6.45) is 14.2. The van der Waals surface area contributed by atoms with E-state index in [4.69, 9.17) is 5.73 Å². The summed E-state index contributed by atoms with van der Waals surface area (Å²) in [6.45, 7) is 2.23. The minimum atomic E-state index is -0.848. The molecule has 0 unspecified atom stereocenters. The molecular formula is C24H35N5O4. The Morgan fingerprint density at radius 1 is 1.00 bits per heavy atom. The van der Waals surface area contributed by atoms with E-state index in [1.54, 1.807) is 0 Å². The van der Waals surface area contributed by atoms with Gasteiger partial charge >= 0.3 is 6.03 Å². The number of amides is 2. The number of carbonyl (C=O) groups excluding carboxylic acids is 1. The van der Waals surface area contributed by atoms with Crippen LogP contribution in [0.3, 0.4) is 0 Å². The predicted octanol–water partition coefficient (Wildman–Crippen LogP) is 5.75. The number of benzene rings is 1. The maximum atomic E-state index is 12.2. The Morgan fingerprint density at radius 2 is 1.55 bits per heavy atom. The van der Waals surface area contributed by atoms with E-state index in [-0.39, 0.29) is 22.9 Å². The lowest BCUT2D eigenvalue weighted by molar-refractivity contribution is -0.384. The molecule has 9 heteroatoms. The molecule has 0 bridgehead atoms. The Hall–Kier alpha value is -3.23. The van der Waals surface area contributed by atoms with Gasteiger partial charge in [0.05, 0.1) is 10.6 Å². The number of aryl methyl sites for hydroxylation is 1. The standard InChI is InChI=1S/C24H35N5O4/c1-2-3-4-5-6-7-8-9-10-11-12-13-19-18-22(30)27-24(26-19)28(23(25)31)20-14-16-21(17-15-20)29(32)33/h14-18H,2-13H2,1H3,(H2,25,31)(H,26,27,30). The number of non-ortho nitro benzene ring substituents is 1. The highest BCUT2D eigenvalue weighted by molar-refractivity contribution is 5.96. The largest absolute Gasteiger partial charge is 0.351 e. The van der Waals surface area contributed by atoms with E-state index < -0.39 is 11.0 Å². The number of primary amides is 1. The zero-order valence-corrected chi connectivity index (χ0v) is 19.4. The van der Waals surface area contributed by atoms with Crippen LogP contribution in [0.4, 0.5) is 22.1 Å². The van der Waals surface area contributed by atoms with E-state index in [2.05, 4.69) is 16.9 Å². The third-order valence-corrected chi connectivity index (χ3v) is 5.57. The molecule has 9 nitrogen and oxygen atoms in total. The number of aromatic amines is 1. The van der Waals surface area contributed by atoms with Crippen LogP contribution in [0.2, 0.25) is 0 Å². The van der Waals surface area contributed by atoms with Crippen LogP contribution in [0, 0.1) is 10.1 Å². The van der Waals surface area contributed by atoms with Gasteiger partial charge in [0.15, 0.2) is 0 Å². The molecule has 0 aliphatic carbocycles. The van der Waals surface area contributed by atoms with Gasteiger partial charge in [-0.2, -0.15) is 0 Å². The van der Waals surface area contributed by atoms with Gasteiger partial charge in [-0.15, -0.1) is 0 Å². The van der Waals surface area contributed by atoms with Crippen LogP contribution in [0.15, 0.2) is 35.1 Å². The van der Waals surface area contributed by atoms with Gasteiger partial charge < -0.3 is 5.73 Å². The fraction of sp³-hybridized carbons (Fsp3) is 0.542. The van der Waals surface area contributed by atoms with Crippen LogP contribution in [-0.4, -0.2) is 20.9 Å². The monoisotopic (exact) mass is 457 g/mol. The number of nitro benzene ring substituents is 1. The number of H-pyrrole nitrogens is 1. The van der Waals surface area contributed by atoms with Crippen molar-refractivity contribution in [1.82, 2.24) is 9.97 Å². The van der Waals surface area contributed by atoms with E-state index in [0.29, 0.717) is 12.1 Å². The third kappa shape index (κ3) is 9.03. The van der Waals surface area contributed by atoms with Crippen molar-refractivity contribution in [3.8, 4) is 0 Å². The molecule has 0 aliphatic rings. The van der Waals surface area contributed by atoms with Crippen molar-refractivity contribution in [1.29, 1.82) is 0 Å². The van der Waals surface area contributed by atoms with Crippen LogP contribution in [0.5, 0.6) is 0 Å². The normalized spacial score (nSPS) is 10.8. The number of nitro groups is 1. The van der Waals surface area contributed by atoms with Gasteiger partial charge in [0.1, 0.15) is 0 Å². The average Bonchev–Trinajstić information content (AvgIpc) is 2.77. The first-order valence-electron chi connectivity index (χ1n) is 11.9. The summed E-state index contributed by atoms with van der Waals surface area (Å²) in [4.78, 5) is 42.5. The van der Waals surface area contributed by atoms with Crippen molar-refractivity contribution in [3.63, 3.8) is 0 Å². The SMILES string of the molecule is CCCCCCCCCCCCCc1cc(=O)[nH]c(N(C(N)=O)c2ccc([N+](=O)[O-])cc2)n1. The first kappa shape index (κ1) is 26.0. The molecule has 3 N–H and O–H groups in total. The Balaban J connectivity index is 1.88. The van der Waals surface area contributed by atoms with Crippen molar-refractivity contribution >= 4 is 23.4 Å². The predicted molar refractivity (Wildman–Crippen MR) is 130 cm³/mol. The molecule has 0 saturated carbocycles. The number of aromatic nitrogens is 2. The lowest BCUT2D eigenvalue weighted by Crippen LogP contribution is -2.34. The van der Waals surface area contributed by atoms with Crippen LogP contribution < -0.4 is 16.2 Å². The summed E-state index contributed by atoms with van der Waals surface area (Å²) in [7, 11) is 0. The number of anilines is 2.